The summed E-state index contributed by atoms with van der Waals surface area (Å²) < 4.78 is 5.38. The SMILES string of the molecule is c1ccc(-c2nc(-c3cccc4c3[te]c3ccccc34)nc3c2sc2ccccc23)cc1. The molecule has 0 fully saturated rings. The Morgan fingerprint density at radius 3 is 2.28 bits per heavy atom. The van der Waals surface area contributed by atoms with Crippen LogP contribution >= 0.6 is 11.3 Å². The number of rotatable bonds is 2. The molecule has 0 saturated heterocycles. The Morgan fingerprint density at radius 1 is 0.625 bits per heavy atom. The van der Waals surface area contributed by atoms with E-state index in [-0.39, 0.29) is 0 Å². The molecule has 4 heteroatoms. The monoisotopic (exact) mass is 542 g/mol. The normalized spacial score (nSPS) is 11.8. The van der Waals surface area contributed by atoms with Crippen molar-refractivity contribution in [2.75, 3.05) is 0 Å². The molecule has 0 radical (unpaired) electrons. The van der Waals surface area contributed by atoms with Gasteiger partial charge in [0, 0.05) is 0 Å². The Kier molecular flexibility index (Phi) is 4.20. The van der Waals surface area contributed by atoms with Crippen molar-refractivity contribution in [2.24, 2.45) is 0 Å². The van der Waals surface area contributed by atoms with Crippen LogP contribution in [-0.4, -0.2) is 30.4 Å². The van der Waals surface area contributed by atoms with Crippen LogP contribution in [0.5, 0.6) is 0 Å². The number of aromatic nitrogens is 2. The Bertz CT molecular complexity index is 1780. The maximum atomic E-state index is 5.20. The number of thiophene rings is 1. The zero-order valence-electron chi connectivity index (χ0n) is 16.9. The van der Waals surface area contributed by atoms with Gasteiger partial charge in [-0.25, -0.2) is 0 Å². The summed E-state index contributed by atoms with van der Waals surface area (Å²) in [6.45, 7) is 0. The second kappa shape index (κ2) is 7.25. The maximum absolute atomic E-state index is 5.20. The molecule has 32 heavy (non-hydrogen) atoms. The average molecular weight is 540 g/mol. The fraction of sp³-hybridized carbons (Fsp3) is 0. The van der Waals surface area contributed by atoms with E-state index in [1.807, 2.05) is 0 Å². The number of hydrogen-bond acceptors (Lipinski definition) is 3. The molecule has 0 amide bonds. The molecule has 2 nitrogen and oxygen atoms in total. The van der Waals surface area contributed by atoms with Crippen LogP contribution in [0.4, 0.5) is 0 Å². The molecule has 7 rings (SSSR count). The minimum absolute atomic E-state index is 0.470. The van der Waals surface area contributed by atoms with Crippen LogP contribution in [0, 0.1) is 0 Å². The summed E-state index contributed by atoms with van der Waals surface area (Å²) in [6.07, 6.45) is 0. The van der Waals surface area contributed by atoms with Crippen LogP contribution < -0.4 is 0 Å². The second-order valence-electron chi connectivity index (χ2n) is 7.82. The van der Waals surface area contributed by atoms with Crippen LogP contribution in [0.15, 0.2) is 97.1 Å². The van der Waals surface area contributed by atoms with Gasteiger partial charge in [-0.15, -0.1) is 0 Å². The Balaban J connectivity index is 1.60. The molecule has 0 aliphatic heterocycles. The van der Waals surface area contributed by atoms with Gasteiger partial charge >= 0.3 is 199 Å². The molecule has 3 aromatic heterocycles. The molecule has 3 heterocycles. The third-order valence-corrected chi connectivity index (χ3v) is 10.6. The first-order valence-corrected chi connectivity index (χ1v) is 13.7. The van der Waals surface area contributed by atoms with Crippen molar-refractivity contribution in [3.05, 3.63) is 97.1 Å². The van der Waals surface area contributed by atoms with Crippen molar-refractivity contribution < 1.29 is 0 Å². The molecule has 0 N–H and O–H groups in total. The van der Waals surface area contributed by atoms with Gasteiger partial charge in [-0.1, -0.05) is 0 Å². The van der Waals surface area contributed by atoms with Crippen LogP contribution in [0.2, 0.25) is 0 Å². The number of fused-ring (bicyclic) bond motifs is 6. The van der Waals surface area contributed by atoms with Gasteiger partial charge in [0.15, 0.2) is 0 Å². The first-order valence-electron chi connectivity index (χ1n) is 10.5. The van der Waals surface area contributed by atoms with Crippen LogP contribution in [-0.2, 0) is 0 Å². The van der Waals surface area contributed by atoms with E-state index in [4.69, 9.17) is 9.97 Å². The zero-order chi connectivity index (χ0) is 21.1. The van der Waals surface area contributed by atoms with Crippen molar-refractivity contribution in [1.82, 2.24) is 9.97 Å². The molecule has 0 aliphatic carbocycles. The molecule has 150 valence electrons. The Morgan fingerprint density at radius 2 is 1.38 bits per heavy atom. The summed E-state index contributed by atoms with van der Waals surface area (Å²) in [5, 5.41) is 3.96. The van der Waals surface area contributed by atoms with Gasteiger partial charge in [0.2, 0.25) is 0 Å². The molecule has 0 atom stereocenters. The van der Waals surface area contributed by atoms with Gasteiger partial charge < -0.3 is 0 Å². The van der Waals surface area contributed by atoms with E-state index in [2.05, 4.69) is 97.1 Å². The van der Waals surface area contributed by atoms with E-state index >= 15 is 0 Å². The van der Waals surface area contributed by atoms with Crippen LogP contribution in [0.25, 0.3) is 60.5 Å². The third kappa shape index (κ3) is 2.77. The van der Waals surface area contributed by atoms with E-state index in [0.717, 1.165) is 27.3 Å². The van der Waals surface area contributed by atoms with Gasteiger partial charge in [0.05, 0.1) is 0 Å². The number of benzene rings is 4. The van der Waals surface area contributed by atoms with Crippen LogP contribution in [0.3, 0.4) is 0 Å². The van der Waals surface area contributed by atoms with Crippen molar-refractivity contribution in [1.29, 1.82) is 0 Å². The molecular formula is C28H16N2STe. The van der Waals surface area contributed by atoms with Gasteiger partial charge in [-0.3, -0.25) is 0 Å². The van der Waals surface area contributed by atoms with E-state index < -0.39 is 20.4 Å². The quantitative estimate of drug-likeness (QED) is 0.212. The molecule has 0 spiro atoms. The predicted octanol–water partition coefficient (Wildman–Crippen LogP) is 7.54. The molecular weight excluding hydrogens is 524 g/mol. The third-order valence-electron chi connectivity index (χ3n) is 5.91. The topological polar surface area (TPSA) is 25.8 Å². The molecule has 0 bridgehead atoms. The fourth-order valence-electron chi connectivity index (χ4n) is 4.43. The van der Waals surface area contributed by atoms with E-state index in [9.17, 15) is 0 Å². The molecule has 0 aliphatic rings. The summed E-state index contributed by atoms with van der Waals surface area (Å²) in [5.74, 6) is 0.842. The van der Waals surface area contributed by atoms with E-state index in [1.165, 1.54) is 33.2 Å². The van der Waals surface area contributed by atoms with Gasteiger partial charge in [-0.05, 0) is 0 Å². The van der Waals surface area contributed by atoms with Gasteiger partial charge in [0.25, 0.3) is 0 Å². The van der Waals surface area contributed by atoms with Crippen molar-refractivity contribution in [2.45, 2.75) is 0 Å². The Hall–Kier alpha value is -3.03. The summed E-state index contributed by atoms with van der Waals surface area (Å²) in [5.41, 5.74) is 4.42. The number of hydrogen-bond donors (Lipinski definition) is 0. The van der Waals surface area contributed by atoms with E-state index in [0.29, 0.717) is 0 Å². The van der Waals surface area contributed by atoms with Gasteiger partial charge in [0.1, 0.15) is 0 Å². The zero-order valence-corrected chi connectivity index (χ0v) is 20.1. The first kappa shape index (κ1) is 18.5. The molecule has 7 aromatic rings. The standard InChI is InChI=1S/C28H16N2STe/c1-2-9-17(10-3-1)24-26-25(20-12-4-6-15-22(20)31-26)30-28(29-24)21-14-8-13-19-18-11-5-7-16-23(18)32-27(19)21/h1-16H. The summed E-state index contributed by atoms with van der Waals surface area (Å²) in [7, 11) is 0. The molecule has 4 aromatic carbocycles. The first-order chi connectivity index (χ1) is 15.9. The van der Waals surface area contributed by atoms with E-state index in [1.54, 1.807) is 11.3 Å². The molecule has 0 saturated carbocycles. The summed E-state index contributed by atoms with van der Waals surface area (Å²) in [6, 6.07) is 34.5. The Labute approximate surface area is 198 Å². The van der Waals surface area contributed by atoms with Crippen molar-refractivity contribution in [3.63, 3.8) is 0 Å². The summed E-state index contributed by atoms with van der Waals surface area (Å²) in [4.78, 5) is 10.4. The average Bonchev–Trinajstić information content (AvgIpc) is 3.42. The predicted molar refractivity (Wildman–Crippen MR) is 138 cm³/mol. The fourth-order valence-corrected chi connectivity index (χ4v) is 9.04. The van der Waals surface area contributed by atoms with Gasteiger partial charge in [-0.2, -0.15) is 0 Å². The van der Waals surface area contributed by atoms with Crippen molar-refractivity contribution in [3.8, 4) is 22.6 Å². The molecule has 0 unspecified atom stereocenters. The minimum atomic E-state index is -0.470. The number of nitrogens with zero attached hydrogens (tertiary/aromatic N) is 2. The van der Waals surface area contributed by atoms with Crippen LogP contribution in [0.1, 0.15) is 0 Å². The van der Waals surface area contributed by atoms with Crippen molar-refractivity contribution >= 4 is 69.6 Å². The second-order valence-corrected chi connectivity index (χ2v) is 11.9. The summed E-state index contributed by atoms with van der Waals surface area (Å²) >= 11 is 1.32.